The van der Waals surface area contributed by atoms with Crippen molar-refractivity contribution < 1.29 is 127 Å². The number of aromatic carboxylic acids is 2. The summed E-state index contributed by atoms with van der Waals surface area (Å²) >= 11 is 0. The minimum Gasteiger partial charge on any atom is -0.545 e. The van der Waals surface area contributed by atoms with E-state index in [0.29, 0.717) is 11.5 Å². The van der Waals surface area contributed by atoms with Crippen molar-refractivity contribution in [2.45, 2.75) is 0 Å². The molecule has 0 aliphatic carbocycles. The first-order valence-corrected chi connectivity index (χ1v) is 5.37. The van der Waals surface area contributed by atoms with Gasteiger partial charge < -0.3 is 24.5 Å². The summed E-state index contributed by atoms with van der Waals surface area (Å²) in [6, 6.07) is 11.4. The van der Waals surface area contributed by atoms with Crippen LogP contribution in [0.4, 0.5) is 0 Å². The average Bonchev–Trinajstić information content (AvgIpc) is 2.40. The first-order chi connectivity index (χ1) is 9.06. The molecule has 0 fully saturated rings. The van der Waals surface area contributed by atoms with Crippen LogP contribution in [0.3, 0.4) is 0 Å². The smallest absolute Gasteiger partial charge is 0.545 e. The van der Waals surface area contributed by atoms with Gasteiger partial charge in [0.15, 0.2) is 0 Å². The molecule has 5 nitrogen and oxygen atoms in total. The minimum absolute atomic E-state index is 0. The van der Waals surface area contributed by atoms with E-state index < -0.39 is 11.9 Å². The molecule has 0 radical (unpaired) electrons. The molecule has 7 heteroatoms. The molecule has 0 spiro atoms. The number of hydrogen-bond acceptors (Lipinski definition) is 5. The van der Waals surface area contributed by atoms with Gasteiger partial charge in [0.25, 0.3) is 0 Å². The fourth-order valence-electron chi connectivity index (χ4n) is 1.45. The second-order valence-electron chi connectivity index (χ2n) is 3.73. The van der Waals surface area contributed by atoms with Crippen LogP contribution in [0.5, 0.6) is 11.5 Å². The Morgan fingerprint density at radius 3 is 1.19 bits per heavy atom. The van der Waals surface area contributed by atoms with E-state index in [-0.39, 0.29) is 114 Å². The summed E-state index contributed by atoms with van der Waals surface area (Å²) < 4.78 is 5.42. The van der Waals surface area contributed by atoms with Crippen molar-refractivity contribution in [3.05, 3.63) is 59.7 Å². The van der Waals surface area contributed by atoms with Crippen molar-refractivity contribution in [3.8, 4) is 11.5 Å². The third kappa shape index (κ3) is 6.61. The van der Waals surface area contributed by atoms with Crippen LogP contribution in [0.15, 0.2) is 48.5 Å². The Morgan fingerprint density at radius 1 is 0.667 bits per heavy atom. The summed E-state index contributed by atoms with van der Waals surface area (Å²) in [6.45, 7) is 0. The van der Waals surface area contributed by atoms with Gasteiger partial charge in [-0.1, -0.05) is 0 Å². The summed E-state index contributed by atoms with van der Waals surface area (Å²) in [6.07, 6.45) is 0. The van der Waals surface area contributed by atoms with Gasteiger partial charge >= 0.3 is 103 Å². The third-order valence-corrected chi connectivity index (χ3v) is 2.42. The van der Waals surface area contributed by atoms with Gasteiger partial charge in [-0.15, -0.1) is 0 Å². The predicted octanol–water partition coefficient (Wildman–Crippen LogP) is -5.79. The number of ether oxygens (including phenoxy) is 1. The summed E-state index contributed by atoms with van der Waals surface area (Å²) in [5.74, 6) is -1.65. The molecule has 0 aromatic heterocycles. The van der Waals surface area contributed by atoms with Crippen LogP contribution in [0, 0.1) is 0 Å². The normalized spacial score (nSPS) is 8.95. The molecule has 21 heavy (non-hydrogen) atoms. The van der Waals surface area contributed by atoms with E-state index in [4.69, 9.17) is 4.74 Å². The van der Waals surface area contributed by atoms with Crippen molar-refractivity contribution in [1.29, 1.82) is 0 Å². The topological polar surface area (TPSA) is 89.5 Å². The SMILES string of the molecule is O=C([O-])c1ccc(Oc2ccc(C(=O)[O-])cc2)cc1.[K+].[K+]. The molecule has 0 bridgehead atoms. The van der Waals surface area contributed by atoms with Crippen LogP contribution in [0.2, 0.25) is 0 Å². The standard InChI is InChI=1S/C14H10O5.2K/c15-13(16)9-1-5-11(6-2-9)19-12-7-3-10(4-8-12)14(17)18;;/h1-8H,(H,15,16)(H,17,18);;/q;2*+1/p-2. The number of carbonyl (C=O) groups is 2. The van der Waals surface area contributed by atoms with E-state index in [9.17, 15) is 19.8 Å². The Hall–Kier alpha value is 0.453. The van der Waals surface area contributed by atoms with Gasteiger partial charge in [0.2, 0.25) is 0 Å². The zero-order chi connectivity index (χ0) is 13.8. The fourth-order valence-corrected chi connectivity index (χ4v) is 1.45. The van der Waals surface area contributed by atoms with Crippen LogP contribution in [0.1, 0.15) is 20.7 Å². The van der Waals surface area contributed by atoms with Gasteiger partial charge in [-0.05, 0) is 59.7 Å². The van der Waals surface area contributed by atoms with E-state index in [1.807, 2.05) is 0 Å². The van der Waals surface area contributed by atoms with Crippen molar-refractivity contribution in [2.24, 2.45) is 0 Å². The van der Waals surface area contributed by atoms with Crippen molar-refractivity contribution in [3.63, 3.8) is 0 Å². The molecule has 0 aliphatic rings. The zero-order valence-corrected chi connectivity index (χ0v) is 17.9. The molecule has 0 saturated carbocycles. The maximum absolute atomic E-state index is 10.6. The maximum Gasteiger partial charge on any atom is 1.00 e. The monoisotopic (exact) mass is 334 g/mol. The molecule has 0 heterocycles. The van der Waals surface area contributed by atoms with Gasteiger partial charge in [-0.25, -0.2) is 0 Å². The Bertz CT molecular complexity index is 553. The summed E-state index contributed by atoms with van der Waals surface area (Å²) in [7, 11) is 0. The van der Waals surface area contributed by atoms with Crippen LogP contribution >= 0.6 is 0 Å². The second-order valence-corrected chi connectivity index (χ2v) is 3.73. The Kier molecular flexibility index (Phi) is 10.5. The predicted molar refractivity (Wildman–Crippen MR) is 61.6 cm³/mol. The summed E-state index contributed by atoms with van der Waals surface area (Å²) in [5.41, 5.74) is 0.110. The molecule has 2 rings (SSSR count). The molecule has 0 saturated heterocycles. The number of carbonyl (C=O) groups excluding carboxylic acids is 2. The van der Waals surface area contributed by atoms with E-state index in [1.54, 1.807) is 0 Å². The first kappa shape index (κ1) is 21.5. The van der Waals surface area contributed by atoms with Crippen molar-refractivity contribution in [1.82, 2.24) is 0 Å². The Labute approximate surface area is 206 Å². The first-order valence-electron chi connectivity index (χ1n) is 5.37. The maximum atomic E-state index is 10.6. The van der Waals surface area contributed by atoms with Crippen LogP contribution in [-0.2, 0) is 0 Å². The van der Waals surface area contributed by atoms with Crippen LogP contribution in [-0.4, -0.2) is 11.9 Å². The summed E-state index contributed by atoms with van der Waals surface area (Å²) in [4.78, 5) is 21.1. The minimum atomic E-state index is -1.26. The molecule has 0 amide bonds. The molecule has 96 valence electrons. The number of hydrogen-bond donors (Lipinski definition) is 0. The molecular weight excluding hydrogens is 326 g/mol. The largest absolute Gasteiger partial charge is 1.00 e. The molecule has 0 unspecified atom stereocenters. The van der Waals surface area contributed by atoms with Gasteiger partial charge in [0.05, 0.1) is 11.9 Å². The van der Waals surface area contributed by atoms with Gasteiger partial charge in [0.1, 0.15) is 11.5 Å². The number of benzene rings is 2. The van der Waals surface area contributed by atoms with E-state index in [2.05, 4.69) is 0 Å². The molecule has 2 aromatic carbocycles. The number of rotatable bonds is 4. The van der Waals surface area contributed by atoms with Gasteiger partial charge in [-0.2, -0.15) is 0 Å². The number of carboxylic acids is 2. The molecular formula is C14H8K2O5. The number of carboxylic acid groups (broad SMARTS) is 2. The quantitative estimate of drug-likeness (QED) is 0.520. The molecule has 0 atom stereocenters. The van der Waals surface area contributed by atoms with E-state index in [1.165, 1.54) is 48.5 Å². The molecule has 2 aromatic rings. The van der Waals surface area contributed by atoms with Gasteiger partial charge in [0, 0.05) is 0 Å². The van der Waals surface area contributed by atoms with E-state index >= 15 is 0 Å². The third-order valence-electron chi connectivity index (χ3n) is 2.42. The Balaban J connectivity index is 0.00000200. The second kappa shape index (κ2) is 10.3. The summed E-state index contributed by atoms with van der Waals surface area (Å²) in [5, 5.41) is 21.1. The zero-order valence-electron chi connectivity index (χ0n) is 11.7. The molecule has 0 aliphatic heterocycles. The van der Waals surface area contributed by atoms with Crippen molar-refractivity contribution in [2.75, 3.05) is 0 Å². The van der Waals surface area contributed by atoms with E-state index in [0.717, 1.165) is 0 Å². The average molecular weight is 334 g/mol. The molecule has 0 N–H and O–H groups in total. The Morgan fingerprint density at radius 2 is 0.952 bits per heavy atom. The fraction of sp³-hybridized carbons (Fsp3) is 0. The van der Waals surface area contributed by atoms with Crippen LogP contribution in [0.25, 0.3) is 0 Å². The van der Waals surface area contributed by atoms with Crippen LogP contribution < -0.4 is 118 Å². The van der Waals surface area contributed by atoms with Gasteiger partial charge in [-0.3, -0.25) is 0 Å². The van der Waals surface area contributed by atoms with Crippen molar-refractivity contribution >= 4 is 11.9 Å².